The van der Waals surface area contributed by atoms with E-state index in [-0.39, 0.29) is 0 Å². The zero-order valence-corrected chi connectivity index (χ0v) is 14.5. The fourth-order valence-corrected chi connectivity index (χ4v) is 4.28. The first kappa shape index (κ1) is 14.5. The number of hydrogen-bond acceptors (Lipinski definition) is 2. The van der Waals surface area contributed by atoms with Gasteiger partial charge in [0, 0.05) is 14.8 Å². The molecule has 0 fully saturated rings. The molecule has 0 amide bonds. The standard InChI is InChI=1S/C17H15BrO2S/c1-10-4-6-14(7-5-10)21(19)17-12(3)20-16-11(2)8-13(18)9-15(16)17/h4-9H,1-3H3/t21-/m1/s1. The van der Waals surface area contributed by atoms with Crippen LogP contribution in [0.3, 0.4) is 0 Å². The van der Waals surface area contributed by atoms with Gasteiger partial charge in [-0.2, -0.15) is 0 Å². The van der Waals surface area contributed by atoms with E-state index in [9.17, 15) is 4.21 Å². The second-order valence-electron chi connectivity index (χ2n) is 5.17. The number of benzene rings is 2. The summed E-state index contributed by atoms with van der Waals surface area (Å²) in [5.74, 6) is 0.713. The van der Waals surface area contributed by atoms with Crippen LogP contribution in [-0.2, 0) is 10.8 Å². The molecule has 0 aliphatic carbocycles. The predicted molar refractivity (Wildman–Crippen MR) is 89.2 cm³/mol. The number of aryl methyl sites for hydroxylation is 3. The fraction of sp³-hybridized carbons (Fsp3) is 0.176. The van der Waals surface area contributed by atoms with E-state index in [1.54, 1.807) is 0 Å². The van der Waals surface area contributed by atoms with E-state index >= 15 is 0 Å². The molecule has 0 N–H and O–H groups in total. The summed E-state index contributed by atoms with van der Waals surface area (Å²) in [5.41, 5.74) is 3.00. The number of fused-ring (bicyclic) bond motifs is 1. The number of hydrogen-bond donors (Lipinski definition) is 0. The molecular weight excluding hydrogens is 348 g/mol. The maximum absolute atomic E-state index is 12.9. The third kappa shape index (κ3) is 2.58. The molecule has 0 spiro atoms. The molecule has 1 atom stereocenters. The normalized spacial score (nSPS) is 12.8. The van der Waals surface area contributed by atoms with Crippen LogP contribution < -0.4 is 0 Å². The zero-order valence-electron chi connectivity index (χ0n) is 12.1. The number of rotatable bonds is 2. The lowest BCUT2D eigenvalue weighted by Crippen LogP contribution is -1.94. The van der Waals surface area contributed by atoms with Crippen molar-refractivity contribution in [1.82, 2.24) is 0 Å². The van der Waals surface area contributed by atoms with Gasteiger partial charge in [-0.15, -0.1) is 0 Å². The zero-order chi connectivity index (χ0) is 15.1. The highest BCUT2D eigenvalue weighted by molar-refractivity contribution is 9.10. The van der Waals surface area contributed by atoms with E-state index in [1.165, 1.54) is 0 Å². The molecule has 0 aliphatic heterocycles. The van der Waals surface area contributed by atoms with Gasteiger partial charge in [-0.05, 0) is 50.6 Å². The minimum atomic E-state index is -1.24. The number of furan rings is 1. The van der Waals surface area contributed by atoms with Crippen molar-refractivity contribution in [2.24, 2.45) is 0 Å². The molecule has 108 valence electrons. The topological polar surface area (TPSA) is 30.2 Å². The summed E-state index contributed by atoms with van der Waals surface area (Å²) < 4.78 is 19.7. The highest BCUT2D eigenvalue weighted by Crippen LogP contribution is 2.35. The molecule has 0 radical (unpaired) electrons. The third-order valence-electron chi connectivity index (χ3n) is 3.48. The van der Waals surface area contributed by atoms with Gasteiger partial charge in [0.05, 0.1) is 15.7 Å². The summed E-state index contributed by atoms with van der Waals surface area (Å²) in [4.78, 5) is 1.56. The Morgan fingerprint density at radius 1 is 1.05 bits per heavy atom. The summed E-state index contributed by atoms with van der Waals surface area (Å²) in [7, 11) is -1.24. The van der Waals surface area contributed by atoms with E-state index in [0.717, 1.165) is 36.4 Å². The first-order chi connectivity index (χ1) is 9.97. The van der Waals surface area contributed by atoms with Crippen molar-refractivity contribution in [2.45, 2.75) is 30.6 Å². The van der Waals surface area contributed by atoms with Crippen LogP contribution in [0.25, 0.3) is 11.0 Å². The first-order valence-corrected chi connectivity index (χ1v) is 8.59. The predicted octanol–water partition coefficient (Wildman–Crippen LogP) is 5.29. The third-order valence-corrected chi connectivity index (χ3v) is 5.52. The molecule has 2 aromatic carbocycles. The largest absolute Gasteiger partial charge is 0.460 e. The first-order valence-electron chi connectivity index (χ1n) is 6.65. The van der Waals surface area contributed by atoms with Gasteiger partial charge in [0.15, 0.2) is 0 Å². The average molecular weight is 363 g/mol. The van der Waals surface area contributed by atoms with Gasteiger partial charge in [0.2, 0.25) is 0 Å². The molecule has 21 heavy (non-hydrogen) atoms. The maximum Gasteiger partial charge on any atom is 0.138 e. The highest BCUT2D eigenvalue weighted by atomic mass is 79.9. The minimum absolute atomic E-state index is 0.713. The summed E-state index contributed by atoms with van der Waals surface area (Å²) >= 11 is 3.50. The van der Waals surface area contributed by atoms with Crippen LogP contribution in [0.1, 0.15) is 16.9 Å². The van der Waals surface area contributed by atoms with Crippen LogP contribution in [0.15, 0.2) is 55.1 Å². The molecule has 0 saturated carbocycles. The second-order valence-corrected chi connectivity index (χ2v) is 7.50. The SMILES string of the molecule is Cc1ccc([S@@](=O)c2c(C)oc3c(C)cc(Br)cc23)cc1. The van der Waals surface area contributed by atoms with Crippen molar-refractivity contribution in [3.05, 3.63) is 57.8 Å². The molecule has 0 bridgehead atoms. The van der Waals surface area contributed by atoms with Crippen molar-refractivity contribution in [3.8, 4) is 0 Å². The molecular formula is C17H15BrO2S. The maximum atomic E-state index is 12.9. The molecule has 1 aromatic heterocycles. The Morgan fingerprint density at radius 3 is 2.38 bits per heavy atom. The van der Waals surface area contributed by atoms with E-state index in [0.29, 0.717) is 5.76 Å². The van der Waals surface area contributed by atoms with Gasteiger partial charge in [-0.25, -0.2) is 4.21 Å². The molecule has 3 aromatic rings. The van der Waals surface area contributed by atoms with Gasteiger partial charge in [0.1, 0.15) is 11.3 Å². The summed E-state index contributed by atoms with van der Waals surface area (Å²) in [6.07, 6.45) is 0. The monoisotopic (exact) mass is 362 g/mol. The molecule has 3 rings (SSSR count). The summed E-state index contributed by atoms with van der Waals surface area (Å²) in [5, 5.41) is 0.915. The molecule has 0 saturated heterocycles. The number of halogens is 1. The Bertz CT molecular complexity index is 847. The van der Waals surface area contributed by atoms with Crippen molar-refractivity contribution < 1.29 is 8.63 Å². The Morgan fingerprint density at radius 2 is 1.71 bits per heavy atom. The Balaban J connectivity index is 2.22. The highest BCUT2D eigenvalue weighted by Gasteiger charge is 2.20. The van der Waals surface area contributed by atoms with E-state index in [2.05, 4.69) is 15.9 Å². The van der Waals surface area contributed by atoms with Crippen molar-refractivity contribution in [1.29, 1.82) is 0 Å². The van der Waals surface area contributed by atoms with Gasteiger partial charge in [-0.3, -0.25) is 0 Å². The summed E-state index contributed by atoms with van der Waals surface area (Å²) in [6.45, 7) is 5.88. The minimum Gasteiger partial charge on any atom is -0.460 e. The lowest BCUT2D eigenvalue weighted by molar-refractivity contribution is 0.564. The van der Waals surface area contributed by atoms with Crippen molar-refractivity contribution in [2.75, 3.05) is 0 Å². The average Bonchev–Trinajstić information content (AvgIpc) is 2.75. The van der Waals surface area contributed by atoms with E-state index in [1.807, 2.05) is 57.2 Å². The molecule has 0 aliphatic rings. The molecule has 0 unspecified atom stereocenters. The Hall–Kier alpha value is -1.39. The van der Waals surface area contributed by atoms with Crippen LogP contribution in [0, 0.1) is 20.8 Å². The van der Waals surface area contributed by atoms with Crippen LogP contribution in [0.5, 0.6) is 0 Å². The quantitative estimate of drug-likeness (QED) is 0.620. The molecule has 4 heteroatoms. The van der Waals surface area contributed by atoms with Crippen molar-refractivity contribution in [3.63, 3.8) is 0 Å². The van der Waals surface area contributed by atoms with Crippen molar-refractivity contribution >= 4 is 37.7 Å². The second kappa shape index (κ2) is 5.43. The van der Waals surface area contributed by atoms with Crippen LogP contribution in [0.4, 0.5) is 0 Å². The van der Waals surface area contributed by atoms with Gasteiger partial charge < -0.3 is 4.42 Å². The van der Waals surface area contributed by atoms with E-state index in [4.69, 9.17) is 4.42 Å². The summed E-state index contributed by atoms with van der Waals surface area (Å²) in [6, 6.07) is 11.8. The lowest BCUT2D eigenvalue weighted by atomic mass is 10.2. The fourth-order valence-electron chi connectivity index (χ4n) is 2.43. The lowest BCUT2D eigenvalue weighted by Gasteiger charge is -2.03. The smallest absolute Gasteiger partial charge is 0.138 e. The molecule has 2 nitrogen and oxygen atoms in total. The Kier molecular flexibility index (Phi) is 3.76. The molecule has 1 heterocycles. The van der Waals surface area contributed by atoms with E-state index < -0.39 is 10.8 Å². The van der Waals surface area contributed by atoms with Gasteiger partial charge in [0.25, 0.3) is 0 Å². The van der Waals surface area contributed by atoms with Gasteiger partial charge >= 0.3 is 0 Å². The van der Waals surface area contributed by atoms with Crippen LogP contribution >= 0.6 is 15.9 Å². The van der Waals surface area contributed by atoms with Gasteiger partial charge in [-0.1, -0.05) is 33.6 Å². The van der Waals surface area contributed by atoms with Crippen LogP contribution in [-0.4, -0.2) is 4.21 Å². The van der Waals surface area contributed by atoms with Crippen LogP contribution in [0.2, 0.25) is 0 Å². The Labute approximate surface area is 134 Å².